The van der Waals surface area contributed by atoms with Crippen molar-refractivity contribution in [3.05, 3.63) is 540 Å². The molecule has 0 atom stereocenters. The molecule has 1 aliphatic heterocycles. The molecule has 0 spiro atoms. The Morgan fingerprint density at radius 3 is 0.980 bits per heavy atom. The molecule has 0 saturated carbocycles. The van der Waals surface area contributed by atoms with Gasteiger partial charge in [0.05, 0.1) is 22.8 Å². The summed E-state index contributed by atoms with van der Waals surface area (Å²) in [6.07, 6.45) is 0. The van der Waals surface area contributed by atoms with Gasteiger partial charge in [0.15, 0.2) is 28.2 Å². The molecule has 0 unspecified atom stereocenters. The molecule has 0 fully saturated rings. The van der Waals surface area contributed by atoms with Gasteiger partial charge < -0.3 is 42.5 Å². The van der Waals surface area contributed by atoms with E-state index in [0.717, 1.165) is 234 Å². The Hall–Kier alpha value is -20.0. The molecule has 0 amide bonds. The summed E-state index contributed by atoms with van der Waals surface area (Å²) in [5.74, 6) is 3.54. The van der Waals surface area contributed by atoms with Crippen LogP contribution in [-0.2, 0) is 0 Å². The predicted molar refractivity (Wildman–Crippen MR) is 606 cm³/mol. The average molecular weight is 1890 g/mol. The van der Waals surface area contributed by atoms with Gasteiger partial charge in [0, 0.05) is 118 Å². The third kappa shape index (κ3) is 16.9. The van der Waals surface area contributed by atoms with Crippen molar-refractivity contribution >= 4 is 183 Å². The van der Waals surface area contributed by atoms with E-state index in [2.05, 4.69) is 419 Å². The largest absolute Gasteiger partial charge is 0.453 e. The molecule has 13 heteroatoms. The van der Waals surface area contributed by atoms with E-state index in [1.807, 2.05) is 146 Å². The summed E-state index contributed by atoms with van der Waals surface area (Å²) in [6, 6.07) is 187. The molecule has 147 heavy (non-hydrogen) atoms. The molecule has 0 radical (unpaired) electrons. The zero-order chi connectivity index (χ0) is 97.5. The van der Waals surface area contributed by atoms with Crippen LogP contribution in [0.2, 0.25) is 0 Å². The van der Waals surface area contributed by atoms with Crippen molar-refractivity contribution in [2.45, 2.75) is 0 Å². The summed E-state index contributed by atoms with van der Waals surface area (Å²) in [5, 5.41) is 13.3. The lowest BCUT2D eigenvalue weighted by Crippen LogP contribution is -2.16. The number of benzene rings is 23. The van der Waals surface area contributed by atoms with E-state index in [1.165, 1.54) is 0 Å². The normalized spacial score (nSPS) is 11.6. The van der Waals surface area contributed by atoms with Crippen LogP contribution in [0.3, 0.4) is 0 Å². The molecule has 0 bridgehead atoms. The number of rotatable bonds is 18. The Bertz CT molecular complexity index is 9460. The first-order chi connectivity index (χ1) is 72.9. The summed E-state index contributed by atoms with van der Waals surface area (Å²) < 4.78 is 25.6. The second-order valence-electron chi connectivity index (χ2n) is 36.4. The van der Waals surface area contributed by atoms with Crippen LogP contribution in [0.1, 0.15) is 0 Å². The summed E-state index contributed by atoms with van der Waals surface area (Å²) in [5.41, 5.74) is 27.7. The first-order valence-corrected chi connectivity index (χ1v) is 49.3. The van der Waals surface area contributed by atoms with Crippen molar-refractivity contribution in [2.24, 2.45) is 0 Å². The molecule has 694 valence electrons. The highest BCUT2D eigenvalue weighted by molar-refractivity contribution is 6.22. The van der Waals surface area contributed by atoms with Crippen LogP contribution in [-0.4, -0.2) is 19.9 Å². The first-order valence-electron chi connectivity index (χ1n) is 49.3. The van der Waals surface area contributed by atoms with E-state index in [-0.39, 0.29) is 0 Å². The lowest BCUT2D eigenvalue weighted by Gasteiger charge is -2.33. The predicted octanol–water partition coefficient (Wildman–Crippen LogP) is 37.6. The first kappa shape index (κ1) is 87.3. The standard InChI is InChI=1S/C45H29N3O2.C45H31N3O.C44H29N3O/c1-3-12-31(13-4-1)45-46-44-42(50-45)27-24-30-22-23-32-28-36(25-26-37(32)43(30)44)47(33-14-5-2-6-15-33)34-16-11-17-35(29-34)48-38-18-7-9-20-40(38)49-41-21-10-8-19-39(41)48;1-5-14-34(15-6-1)45-46-42-29-27-33-25-24-32-26-28-40(31-41(32)43(33)44(42)49-45)48(37-20-11-4-12-21-37)39-23-13-22-38(30-39)47(35-16-7-2-8-17-35)36-18-9-3-10-19-36;1-4-11-31(12-5-1)39-17-10-18-40(45-39)32-22-25-36(26-23-32)47(35-15-8-3-9-16-35)37-27-21-30-19-20-33-24-28-41-43(42(33)38(30)29-37)48-44(46-41)34-13-6-2-7-14-34/h1-29H;1-31H;1-29H. The van der Waals surface area contributed by atoms with Gasteiger partial charge in [-0.1, -0.05) is 303 Å². The van der Waals surface area contributed by atoms with Gasteiger partial charge in [-0.25, -0.2) is 19.9 Å². The minimum Gasteiger partial charge on any atom is -0.453 e. The van der Waals surface area contributed by atoms with Crippen molar-refractivity contribution < 1.29 is 18.0 Å². The molecule has 13 nitrogen and oxygen atoms in total. The third-order valence-electron chi connectivity index (χ3n) is 27.3. The van der Waals surface area contributed by atoms with Crippen LogP contribution in [0.25, 0.3) is 155 Å². The molecule has 0 saturated heterocycles. The fraction of sp³-hybridized carbons (Fsp3) is 0. The average Bonchev–Trinajstić information content (AvgIpc) is 1.66. The molecule has 27 aromatic rings. The zero-order valence-electron chi connectivity index (χ0n) is 79.5. The number of para-hydroxylation sites is 9. The van der Waals surface area contributed by atoms with Crippen molar-refractivity contribution in [1.82, 2.24) is 19.9 Å². The minimum absolute atomic E-state index is 0.625. The second kappa shape index (κ2) is 38.2. The number of hydrogen-bond acceptors (Lipinski definition) is 13. The van der Waals surface area contributed by atoms with Crippen LogP contribution in [0, 0.1) is 0 Å². The van der Waals surface area contributed by atoms with Gasteiger partial charge in [-0.15, -0.1) is 0 Å². The number of aromatic nitrogens is 4. The van der Waals surface area contributed by atoms with Gasteiger partial charge in [-0.2, -0.15) is 0 Å². The fourth-order valence-electron chi connectivity index (χ4n) is 20.4. The lowest BCUT2D eigenvalue weighted by atomic mass is 10.00. The molecule has 23 aromatic carbocycles. The summed E-state index contributed by atoms with van der Waals surface area (Å²) in [7, 11) is 0. The highest BCUT2D eigenvalue weighted by atomic mass is 16.5. The Kier molecular flexibility index (Phi) is 22.7. The van der Waals surface area contributed by atoms with Crippen LogP contribution >= 0.6 is 0 Å². The Balaban J connectivity index is 0.000000112. The van der Waals surface area contributed by atoms with Gasteiger partial charge in [0.1, 0.15) is 16.6 Å². The molecule has 5 heterocycles. The van der Waals surface area contributed by atoms with E-state index in [0.29, 0.717) is 17.7 Å². The van der Waals surface area contributed by atoms with Crippen molar-refractivity contribution in [3.63, 3.8) is 0 Å². The second-order valence-corrected chi connectivity index (χ2v) is 36.4. The molecular weight excluding hydrogens is 1800 g/mol. The molecular formula is C134H89N9O4. The maximum atomic E-state index is 6.54. The van der Waals surface area contributed by atoms with Crippen LogP contribution in [0.15, 0.2) is 553 Å². The molecule has 4 aromatic heterocycles. The topological polar surface area (TPSA) is 116 Å². The fourth-order valence-corrected chi connectivity index (χ4v) is 20.4. The SMILES string of the molecule is c1ccc(-c2cccc(-c3ccc(N(c4ccccc4)c4ccc5ccc6ccc7nc(-c8ccccc8)oc7c6c5c4)cc3)n2)cc1.c1ccc(-c2nc3c(ccc4ccc5cc(N(c6ccccc6)c6cccc(N7c8ccccc8Oc8ccccc87)c6)ccc5c43)o2)cc1.c1ccc(-c2nc3ccc4ccc5ccc(N(c6ccccc6)c6cccc(N(c7ccccc7)c7ccccc7)c6)cc5c4c3o2)cc1. The van der Waals surface area contributed by atoms with E-state index in [4.69, 9.17) is 37.9 Å². The number of pyridine rings is 1. The van der Waals surface area contributed by atoms with Gasteiger partial charge in [-0.3, -0.25) is 0 Å². The molecule has 1 aliphatic rings. The number of ether oxygens (including phenoxy) is 1. The summed E-state index contributed by atoms with van der Waals surface area (Å²) >= 11 is 0. The Labute approximate surface area is 848 Å². The number of anilines is 15. The van der Waals surface area contributed by atoms with Crippen molar-refractivity contribution in [2.75, 3.05) is 24.5 Å². The number of fused-ring (bicyclic) bond motifs is 17. The van der Waals surface area contributed by atoms with Crippen LogP contribution in [0.4, 0.5) is 85.3 Å². The Morgan fingerprint density at radius 1 is 0.190 bits per heavy atom. The third-order valence-corrected chi connectivity index (χ3v) is 27.3. The van der Waals surface area contributed by atoms with Crippen molar-refractivity contribution in [3.8, 4) is 68.4 Å². The highest BCUT2D eigenvalue weighted by Crippen LogP contribution is 2.53. The maximum absolute atomic E-state index is 6.54. The highest BCUT2D eigenvalue weighted by Gasteiger charge is 2.29. The monoisotopic (exact) mass is 1890 g/mol. The summed E-state index contributed by atoms with van der Waals surface area (Å²) in [6.45, 7) is 0. The molecule has 28 rings (SSSR count). The smallest absolute Gasteiger partial charge is 0.227 e. The van der Waals surface area contributed by atoms with Crippen LogP contribution < -0.4 is 29.2 Å². The lowest BCUT2D eigenvalue weighted by molar-refractivity contribution is 0.477. The maximum Gasteiger partial charge on any atom is 0.227 e. The number of oxazole rings is 3. The molecule has 0 N–H and O–H groups in total. The Morgan fingerprint density at radius 2 is 0.510 bits per heavy atom. The van der Waals surface area contributed by atoms with E-state index >= 15 is 0 Å². The van der Waals surface area contributed by atoms with Gasteiger partial charge >= 0.3 is 0 Å². The number of nitrogens with zero attached hydrogens (tertiary/aromatic N) is 9. The summed E-state index contributed by atoms with van der Waals surface area (Å²) in [4.78, 5) is 31.3. The number of hydrogen-bond donors (Lipinski definition) is 0. The molecule has 0 aliphatic carbocycles. The zero-order valence-corrected chi connectivity index (χ0v) is 79.5. The van der Waals surface area contributed by atoms with Gasteiger partial charge in [0.25, 0.3) is 0 Å². The van der Waals surface area contributed by atoms with Crippen molar-refractivity contribution in [1.29, 1.82) is 0 Å². The van der Waals surface area contributed by atoms with Gasteiger partial charge in [-0.05, 0) is 285 Å². The van der Waals surface area contributed by atoms with Gasteiger partial charge in [0.2, 0.25) is 17.7 Å². The van der Waals surface area contributed by atoms with Crippen LogP contribution in [0.5, 0.6) is 11.5 Å². The minimum atomic E-state index is 0.625. The quantitative estimate of drug-likeness (QED) is 0.0760. The van der Waals surface area contributed by atoms with E-state index in [9.17, 15) is 0 Å². The van der Waals surface area contributed by atoms with E-state index in [1.54, 1.807) is 0 Å². The van der Waals surface area contributed by atoms with E-state index < -0.39 is 0 Å².